The van der Waals surface area contributed by atoms with Crippen LogP contribution in [0, 0.1) is 12.7 Å². The third-order valence-electron chi connectivity index (χ3n) is 8.50. The predicted octanol–water partition coefficient (Wildman–Crippen LogP) is 6.03. The zero-order valence-corrected chi connectivity index (χ0v) is 25.5. The zero-order chi connectivity index (χ0) is 31.9. The molecule has 45 heavy (non-hydrogen) atoms. The van der Waals surface area contributed by atoms with Gasteiger partial charge in [0.25, 0.3) is 0 Å². The van der Waals surface area contributed by atoms with Crippen molar-refractivity contribution in [2.75, 3.05) is 36.1 Å². The summed E-state index contributed by atoms with van der Waals surface area (Å²) in [4.78, 5) is 61.3. The van der Waals surface area contributed by atoms with Gasteiger partial charge in [0.1, 0.15) is 5.82 Å². The second-order valence-electron chi connectivity index (χ2n) is 11.5. The molecular weight excluding hydrogens is 607 g/mol. The number of ether oxygens (including phenoxy) is 2. The van der Waals surface area contributed by atoms with E-state index in [1.807, 2.05) is 6.92 Å². The van der Waals surface area contributed by atoms with Gasteiger partial charge in [0.2, 0.25) is 11.8 Å². The average Bonchev–Trinajstić information content (AvgIpc) is 3.38. The summed E-state index contributed by atoms with van der Waals surface area (Å²) < 4.78 is 25.9. The van der Waals surface area contributed by atoms with E-state index >= 15 is 4.39 Å². The number of methoxy groups -OCH3 is 1. The van der Waals surface area contributed by atoms with Crippen molar-refractivity contribution in [2.24, 2.45) is 0 Å². The van der Waals surface area contributed by atoms with Crippen molar-refractivity contribution >= 4 is 52.7 Å². The van der Waals surface area contributed by atoms with Gasteiger partial charge in [-0.25, -0.2) is 19.0 Å². The molecule has 1 spiro atoms. The summed E-state index contributed by atoms with van der Waals surface area (Å²) in [5, 5.41) is 7.97. The maximum atomic E-state index is 15.4. The molecule has 0 saturated carbocycles. The number of H-pyrrole nitrogens is 1. The smallest absolute Gasteiger partial charge is 0.412 e. The number of amides is 4. The first-order chi connectivity index (χ1) is 21.6. The molecule has 236 valence electrons. The first-order valence-electron chi connectivity index (χ1n) is 14.7. The van der Waals surface area contributed by atoms with Gasteiger partial charge in [-0.05, 0) is 62.9 Å². The van der Waals surface area contributed by atoms with Crippen LogP contribution in [0.4, 0.5) is 31.0 Å². The SMILES string of the molecule is COC(=O)Nc1ccc2c(c1)NC(=O)CCCCC(C(=O)N1CCC[C@@]3(C1)OC(=O)Nc1ccc(Cl)c(F)c13)c1nc-2c(C)[nH]1. The standard InChI is InChI=1S/C31H32ClFN6O6/c1-16-26-18-9-8-17(35-29(42)44-2)14-22(18)36-23(40)7-4-3-6-19(27(34-16)38-26)28(41)39-13-5-12-31(15-39)24-21(37-30(43)45-31)11-10-20(32)25(24)33/h8-11,14,19H,3-7,12-13,15H2,1-2H3,(H,34,38)(H,35,42)(H,36,40)(H,37,43)/t19?,31-/m0/s1. The number of aromatic nitrogens is 2. The predicted molar refractivity (Wildman–Crippen MR) is 164 cm³/mol. The molecule has 4 N–H and O–H groups in total. The van der Waals surface area contributed by atoms with E-state index in [-0.39, 0.29) is 41.1 Å². The molecular formula is C31H32ClFN6O6. The Hall–Kier alpha value is -4.65. The fourth-order valence-electron chi connectivity index (χ4n) is 6.42. The van der Waals surface area contributed by atoms with Gasteiger partial charge in [-0.2, -0.15) is 0 Å². The lowest BCUT2D eigenvalue weighted by Gasteiger charge is -2.45. The van der Waals surface area contributed by atoms with E-state index < -0.39 is 29.5 Å². The van der Waals surface area contributed by atoms with Crippen LogP contribution >= 0.6 is 11.6 Å². The monoisotopic (exact) mass is 638 g/mol. The highest BCUT2D eigenvalue weighted by Crippen LogP contribution is 2.46. The Morgan fingerprint density at radius 3 is 2.78 bits per heavy atom. The number of aryl methyl sites for hydroxylation is 1. The lowest BCUT2D eigenvalue weighted by atomic mass is 9.82. The van der Waals surface area contributed by atoms with E-state index in [4.69, 9.17) is 21.3 Å². The van der Waals surface area contributed by atoms with Crippen molar-refractivity contribution in [2.45, 2.75) is 57.0 Å². The van der Waals surface area contributed by atoms with Gasteiger partial charge >= 0.3 is 12.2 Å². The first kappa shape index (κ1) is 30.4. The fraction of sp³-hybridized carbons (Fsp3) is 0.387. The number of fused-ring (bicyclic) bond motifs is 6. The van der Waals surface area contributed by atoms with Crippen LogP contribution in [-0.4, -0.2) is 59.1 Å². The first-order valence-corrected chi connectivity index (χ1v) is 15.1. The van der Waals surface area contributed by atoms with Crippen LogP contribution in [0.1, 0.15) is 61.5 Å². The molecule has 3 aliphatic heterocycles. The Bertz CT molecular complexity index is 1710. The number of aromatic amines is 1. The van der Waals surface area contributed by atoms with Gasteiger partial charge in [0.15, 0.2) is 11.4 Å². The molecule has 1 aromatic heterocycles. The van der Waals surface area contributed by atoms with Gasteiger partial charge in [0, 0.05) is 29.9 Å². The third kappa shape index (κ3) is 5.79. The number of carbonyl (C=O) groups is 4. The maximum absolute atomic E-state index is 15.4. The zero-order valence-electron chi connectivity index (χ0n) is 24.7. The lowest BCUT2D eigenvalue weighted by Crippen LogP contribution is -2.54. The summed E-state index contributed by atoms with van der Waals surface area (Å²) in [6.07, 6.45) is 1.12. The molecule has 0 aliphatic carbocycles. The number of piperidine rings is 1. The number of nitrogens with one attached hydrogen (secondary N) is 4. The summed E-state index contributed by atoms with van der Waals surface area (Å²) in [7, 11) is 1.26. The average molecular weight is 639 g/mol. The molecule has 3 aliphatic rings. The van der Waals surface area contributed by atoms with Gasteiger partial charge in [-0.1, -0.05) is 18.0 Å². The van der Waals surface area contributed by atoms with Gasteiger partial charge in [-0.3, -0.25) is 20.2 Å². The number of rotatable bonds is 2. The molecule has 14 heteroatoms. The van der Waals surface area contributed by atoms with E-state index in [0.717, 1.165) is 0 Å². The molecule has 2 atom stereocenters. The van der Waals surface area contributed by atoms with Gasteiger partial charge < -0.3 is 24.7 Å². The van der Waals surface area contributed by atoms with Gasteiger partial charge in [0.05, 0.1) is 47.2 Å². The molecule has 1 unspecified atom stereocenters. The van der Waals surface area contributed by atoms with Crippen LogP contribution in [0.3, 0.4) is 0 Å². The molecule has 0 radical (unpaired) electrons. The second-order valence-corrected chi connectivity index (χ2v) is 11.9. The number of likely N-dealkylation sites (tertiary alicyclic amines) is 1. The van der Waals surface area contributed by atoms with Crippen LogP contribution in [-0.2, 0) is 24.7 Å². The minimum atomic E-state index is -1.40. The highest BCUT2D eigenvalue weighted by molar-refractivity contribution is 6.31. The lowest BCUT2D eigenvalue weighted by molar-refractivity contribution is -0.141. The Morgan fingerprint density at radius 1 is 1.16 bits per heavy atom. The van der Waals surface area contributed by atoms with E-state index in [0.29, 0.717) is 72.8 Å². The van der Waals surface area contributed by atoms with Crippen molar-refractivity contribution < 1.29 is 33.0 Å². The third-order valence-corrected chi connectivity index (χ3v) is 8.79. The molecule has 4 amide bonds. The number of imidazole rings is 1. The summed E-state index contributed by atoms with van der Waals surface area (Å²) in [6.45, 7) is 2.16. The highest BCUT2D eigenvalue weighted by Gasteiger charge is 2.49. The number of anilines is 3. The Kier molecular flexibility index (Phi) is 8.12. The van der Waals surface area contributed by atoms with E-state index in [1.165, 1.54) is 19.2 Å². The van der Waals surface area contributed by atoms with Crippen molar-refractivity contribution in [1.82, 2.24) is 14.9 Å². The molecule has 1 saturated heterocycles. The molecule has 2 bridgehead atoms. The molecule has 1 fully saturated rings. The van der Waals surface area contributed by atoms with Crippen molar-refractivity contribution in [3.63, 3.8) is 0 Å². The quantitative estimate of drug-likeness (QED) is 0.267. The second kappa shape index (κ2) is 12.0. The summed E-state index contributed by atoms with van der Waals surface area (Å²) in [5.74, 6) is -1.39. The minimum Gasteiger partial charge on any atom is -0.453 e. The number of hydrogen-bond acceptors (Lipinski definition) is 7. The van der Waals surface area contributed by atoms with Crippen molar-refractivity contribution in [1.29, 1.82) is 0 Å². The van der Waals surface area contributed by atoms with Crippen molar-refractivity contribution in [3.8, 4) is 11.3 Å². The van der Waals surface area contributed by atoms with Crippen LogP contribution in [0.5, 0.6) is 0 Å². The topological polar surface area (TPSA) is 155 Å². The minimum absolute atomic E-state index is 0.0478. The largest absolute Gasteiger partial charge is 0.453 e. The van der Waals surface area contributed by atoms with Crippen LogP contribution in [0.2, 0.25) is 5.02 Å². The molecule has 12 nitrogen and oxygen atoms in total. The van der Waals surface area contributed by atoms with Crippen LogP contribution in [0.25, 0.3) is 11.3 Å². The molecule has 3 aromatic rings. The number of benzene rings is 2. The number of nitrogens with zero attached hydrogens (tertiary/aromatic N) is 2. The van der Waals surface area contributed by atoms with Crippen molar-refractivity contribution in [3.05, 3.63) is 58.3 Å². The number of hydrogen-bond donors (Lipinski definition) is 4. The summed E-state index contributed by atoms with van der Waals surface area (Å²) >= 11 is 6.13. The highest BCUT2D eigenvalue weighted by atomic mass is 35.5. The van der Waals surface area contributed by atoms with E-state index in [2.05, 4.69) is 25.7 Å². The van der Waals surface area contributed by atoms with Crippen LogP contribution in [0.15, 0.2) is 30.3 Å². The fourth-order valence-corrected chi connectivity index (χ4v) is 6.57. The molecule has 6 rings (SSSR count). The number of carbonyl (C=O) groups excluding carboxylic acids is 4. The van der Waals surface area contributed by atoms with E-state index in [1.54, 1.807) is 23.1 Å². The Balaban J connectivity index is 1.35. The molecule has 4 heterocycles. The normalized spacial score (nSPS) is 21.2. The maximum Gasteiger partial charge on any atom is 0.412 e. The van der Waals surface area contributed by atoms with Crippen LogP contribution < -0.4 is 16.0 Å². The van der Waals surface area contributed by atoms with Gasteiger partial charge in [-0.15, -0.1) is 0 Å². The van der Waals surface area contributed by atoms with E-state index in [9.17, 15) is 19.2 Å². The summed E-state index contributed by atoms with van der Waals surface area (Å²) in [5.41, 5.74) is 1.69. The molecule has 2 aromatic carbocycles. The summed E-state index contributed by atoms with van der Waals surface area (Å²) in [6, 6.07) is 7.93. The Labute approximate surface area is 263 Å². The Morgan fingerprint density at radius 2 is 1.98 bits per heavy atom. The number of halogens is 2.